The average molecular weight is 405 g/mol. The molecule has 0 amide bonds. The minimum Gasteiger partial charge on any atom is -0.381 e. The molecule has 1 heterocycles. The lowest BCUT2D eigenvalue weighted by atomic mass is 10.2. The highest BCUT2D eigenvalue weighted by atomic mass is 127. The number of hydrogen-bond donors (Lipinski definition) is 0. The zero-order chi connectivity index (χ0) is 14.1. The number of methoxy groups -OCH3 is 1. The molecule has 2 aromatic rings. The second-order valence-corrected chi connectivity index (χ2v) is 6.92. The Morgan fingerprint density at radius 1 is 1.45 bits per heavy atom. The molecule has 1 saturated carbocycles. The number of imidazole rings is 1. The monoisotopic (exact) mass is 404 g/mol. The molecule has 0 aliphatic heterocycles. The van der Waals surface area contributed by atoms with Crippen LogP contribution in [0.4, 0.5) is 0 Å². The fraction of sp³-hybridized carbons (Fsp3) is 0.533. The SMILES string of the molecule is COC1CCC(n2c(CCCl)nc3cc(I)ccc32)C1. The van der Waals surface area contributed by atoms with Gasteiger partial charge in [0.15, 0.2) is 0 Å². The Labute approximate surface area is 137 Å². The van der Waals surface area contributed by atoms with Gasteiger partial charge < -0.3 is 9.30 Å². The number of aryl methyl sites for hydroxylation is 1. The van der Waals surface area contributed by atoms with Crippen molar-refractivity contribution in [2.75, 3.05) is 13.0 Å². The van der Waals surface area contributed by atoms with Gasteiger partial charge in [0.25, 0.3) is 0 Å². The molecule has 5 heteroatoms. The van der Waals surface area contributed by atoms with Crippen LogP contribution in [0.25, 0.3) is 11.0 Å². The van der Waals surface area contributed by atoms with E-state index >= 15 is 0 Å². The Morgan fingerprint density at radius 2 is 2.30 bits per heavy atom. The lowest BCUT2D eigenvalue weighted by Crippen LogP contribution is -2.12. The standard InChI is InChI=1S/C15H18ClIN2O/c1-20-12-4-3-11(9-12)19-14-5-2-10(17)8-13(14)18-15(19)6-7-16/h2,5,8,11-12H,3-4,6-7,9H2,1H3. The van der Waals surface area contributed by atoms with Crippen molar-refractivity contribution in [3.05, 3.63) is 27.6 Å². The summed E-state index contributed by atoms with van der Waals surface area (Å²) in [5.41, 5.74) is 2.31. The van der Waals surface area contributed by atoms with Crippen LogP contribution in [0.2, 0.25) is 0 Å². The number of rotatable bonds is 4. The highest BCUT2D eigenvalue weighted by molar-refractivity contribution is 14.1. The predicted molar refractivity (Wildman–Crippen MR) is 90.6 cm³/mol. The van der Waals surface area contributed by atoms with E-state index in [1.54, 1.807) is 7.11 Å². The maximum absolute atomic E-state index is 5.95. The summed E-state index contributed by atoms with van der Waals surface area (Å²) in [5.74, 6) is 1.72. The van der Waals surface area contributed by atoms with E-state index in [4.69, 9.17) is 21.3 Å². The van der Waals surface area contributed by atoms with Gasteiger partial charge in [-0.25, -0.2) is 4.98 Å². The first kappa shape index (κ1) is 14.6. The van der Waals surface area contributed by atoms with Gasteiger partial charge in [-0.1, -0.05) is 0 Å². The fourth-order valence-corrected chi connectivity index (χ4v) is 3.80. The van der Waals surface area contributed by atoms with Crippen molar-refractivity contribution in [3.8, 4) is 0 Å². The van der Waals surface area contributed by atoms with Crippen LogP contribution < -0.4 is 0 Å². The van der Waals surface area contributed by atoms with Gasteiger partial charge in [0, 0.05) is 29.0 Å². The van der Waals surface area contributed by atoms with E-state index in [-0.39, 0.29) is 0 Å². The number of halogens is 2. The minimum absolute atomic E-state index is 0.380. The Kier molecular flexibility index (Phi) is 4.52. The Balaban J connectivity index is 2.05. The number of aromatic nitrogens is 2. The molecule has 0 spiro atoms. The molecular weight excluding hydrogens is 387 g/mol. The van der Waals surface area contributed by atoms with Gasteiger partial charge in [-0.2, -0.15) is 0 Å². The summed E-state index contributed by atoms with van der Waals surface area (Å²) in [6.07, 6.45) is 4.56. The van der Waals surface area contributed by atoms with Gasteiger partial charge >= 0.3 is 0 Å². The van der Waals surface area contributed by atoms with Crippen LogP contribution in [-0.2, 0) is 11.2 Å². The normalized spacial score (nSPS) is 22.8. The second kappa shape index (κ2) is 6.20. The van der Waals surface area contributed by atoms with Crippen LogP contribution in [0.5, 0.6) is 0 Å². The van der Waals surface area contributed by atoms with Crippen molar-refractivity contribution < 1.29 is 4.74 Å². The van der Waals surface area contributed by atoms with Crippen LogP contribution in [0.3, 0.4) is 0 Å². The first-order valence-corrected chi connectivity index (χ1v) is 8.59. The minimum atomic E-state index is 0.380. The molecule has 108 valence electrons. The first-order valence-electron chi connectivity index (χ1n) is 6.98. The molecule has 0 N–H and O–H groups in total. The molecule has 3 nitrogen and oxygen atoms in total. The van der Waals surface area contributed by atoms with Gasteiger partial charge in [-0.05, 0) is 60.1 Å². The molecule has 0 radical (unpaired) electrons. The maximum Gasteiger partial charge on any atom is 0.111 e. The van der Waals surface area contributed by atoms with Crippen molar-refractivity contribution in [1.82, 2.24) is 9.55 Å². The largest absolute Gasteiger partial charge is 0.381 e. The van der Waals surface area contributed by atoms with Gasteiger partial charge in [0.05, 0.1) is 17.1 Å². The summed E-state index contributed by atoms with van der Waals surface area (Å²) < 4.78 is 9.13. The number of fused-ring (bicyclic) bond motifs is 1. The van der Waals surface area contributed by atoms with Gasteiger partial charge in [-0.3, -0.25) is 0 Å². The van der Waals surface area contributed by atoms with Crippen LogP contribution in [-0.4, -0.2) is 28.6 Å². The Morgan fingerprint density at radius 3 is 3.00 bits per heavy atom. The summed E-state index contributed by atoms with van der Waals surface area (Å²) in [5, 5.41) is 0. The van der Waals surface area contributed by atoms with Crippen LogP contribution in [0, 0.1) is 3.57 Å². The Hall–Kier alpha value is -0.330. The number of alkyl halides is 1. The molecule has 1 aliphatic carbocycles. The summed E-state index contributed by atoms with van der Waals surface area (Å²) in [6, 6.07) is 6.96. The van der Waals surface area contributed by atoms with E-state index in [2.05, 4.69) is 45.4 Å². The smallest absolute Gasteiger partial charge is 0.111 e. The topological polar surface area (TPSA) is 27.1 Å². The van der Waals surface area contributed by atoms with E-state index in [0.29, 0.717) is 18.0 Å². The van der Waals surface area contributed by atoms with Crippen LogP contribution in [0.1, 0.15) is 31.1 Å². The summed E-state index contributed by atoms with van der Waals surface area (Å²) in [6.45, 7) is 0. The van der Waals surface area contributed by atoms with Gasteiger partial charge in [-0.15, -0.1) is 11.6 Å². The summed E-state index contributed by atoms with van der Waals surface area (Å²) in [7, 11) is 1.81. The number of nitrogens with zero attached hydrogens (tertiary/aromatic N) is 2. The van der Waals surface area contributed by atoms with E-state index in [1.807, 2.05) is 0 Å². The highest BCUT2D eigenvalue weighted by Gasteiger charge is 2.28. The second-order valence-electron chi connectivity index (χ2n) is 5.29. The zero-order valence-corrected chi connectivity index (χ0v) is 14.4. The highest BCUT2D eigenvalue weighted by Crippen LogP contribution is 2.35. The van der Waals surface area contributed by atoms with Crippen molar-refractivity contribution in [3.63, 3.8) is 0 Å². The van der Waals surface area contributed by atoms with E-state index in [9.17, 15) is 0 Å². The number of benzene rings is 1. The molecule has 20 heavy (non-hydrogen) atoms. The third kappa shape index (κ3) is 2.70. The fourth-order valence-electron chi connectivity index (χ4n) is 3.16. The lowest BCUT2D eigenvalue weighted by Gasteiger charge is -2.16. The van der Waals surface area contributed by atoms with E-state index < -0.39 is 0 Å². The molecule has 0 bridgehead atoms. The molecular formula is C15H18ClIN2O. The van der Waals surface area contributed by atoms with Crippen molar-refractivity contribution in [2.45, 2.75) is 37.8 Å². The quantitative estimate of drug-likeness (QED) is 0.565. The molecule has 2 atom stereocenters. The van der Waals surface area contributed by atoms with Crippen molar-refractivity contribution in [2.24, 2.45) is 0 Å². The molecule has 1 aromatic carbocycles. The zero-order valence-electron chi connectivity index (χ0n) is 11.5. The number of ether oxygens (including phenoxy) is 1. The van der Waals surface area contributed by atoms with Crippen LogP contribution >= 0.6 is 34.2 Å². The van der Waals surface area contributed by atoms with Crippen LogP contribution in [0.15, 0.2) is 18.2 Å². The predicted octanol–water partition coefficient (Wildman–Crippen LogP) is 4.16. The van der Waals surface area contributed by atoms with Crippen molar-refractivity contribution >= 4 is 45.2 Å². The maximum atomic E-state index is 5.95. The third-order valence-corrected chi connectivity index (χ3v) is 4.96. The first-order chi connectivity index (χ1) is 9.72. The number of hydrogen-bond acceptors (Lipinski definition) is 2. The van der Waals surface area contributed by atoms with E-state index in [0.717, 1.165) is 37.0 Å². The van der Waals surface area contributed by atoms with E-state index in [1.165, 1.54) is 9.09 Å². The summed E-state index contributed by atoms with van der Waals surface area (Å²) in [4.78, 5) is 4.79. The molecule has 0 saturated heterocycles. The molecule has 1 aromatic heterocycles. The molecule has 3 rings (SSSR count). The summed E-state index contributed by atoms with van der Waals surface area (Å²) >= 11 is 8.28. The molecule has 1 aliphatic rings. The molecule has 2 unspecified atom stereocenters. The Bertz CT molecular complexity index is 613. The lowest BCUT2D eigenvalue weighted by molar-refractivity contribution is 0.106. The third-order valence-electron chi connectivity index (χ3n) is 4.10. The van der Waals surface area contributed by atoms with Gasteiger partial charge in [0.1, 0.15) is 5.82 Å². The van der Waals surface area contributed by atoms with Gasteiger partial charge in [0.2, 0.25) is 0 Å². The molecule has 1 fully saturated rings. The average Bonchev–Trinajstić information content (AvgIpc) is 3.02. The van der Waals surface area contributed by atoms with Crippen molar-refractivity contribution in [1.29, 1.82) is 0 Å².